The second kappa shape index (κ2) is 10.7. The number of methoxy groups -OCH3 is 1. The minimum Gasteiger partial charge on any atom is -0.495 e. The Balaban J connectivity index is 1.48. The van der Waals surface area contributed by atoms with Crippen molar-refractivity contribution in [1.82, 2.24) is 10.3 Å². The van der Waals surface area contributed by atoms with Gasteiger partial charge in [0.05, 0.1) is 49.8 Å². The zero-order valence-electron chi connectivity index (χ0n) is 22.1. The fraction of sp³-hybridized carbons (Fsp3) is 0.571. The normalized spacial score (nSPS) is 26.3. The van der Waals surface area contributed by atoms with E-state index in [0.29, 0.717) is 13.0 Å². The number of nitrogens with one attached hydrogen (secondary N) is 1. The summed E-state index contributed by atoms with van der Waals surface area (Å²) in [5.74, 6) is 0.103. The quantitative estimate of drug-likeness (QED) is 0.583. The molecule has 0 bridgehead atoms. The molecule has 2 aromatic rings. The zero-order valence-corrected chi connectivity index (χ0v) is 22.1. The predicted molar refractivity (Wildman–Crippen MR) is 138 cm³/mol. The molecule has 36 heavy (non-hydrogen) atoms. The lowest BCUT2D eigenvalue weighted by Crippen LogP contribution is -2.51. The minimum absolute atomic E-state index is 0.101. The molecule has 4 rings (SSSR count). The highest BCUT2D eigenvalue weighted by atomic mass is 16.7. The second-order valence-electron chi connectivity index (χ2n) is 10.9. The average molecular weight is 499 g/mol. The van der Waals surface area contributed by atoms with Crippen molar-refractivity contribution < 1.29 is 28.5 Å². The van der Waals surface area contributed by atoms with Crippen LogP contribution in [0.25, 0.3) is 17.0 Å². The third-order valence-electron chi connectivity index (χ3n) is 6.29. The van der Waals surface area contributed by atoms with E-state index in [1.807, 2.05) is 52.8 Å². The maximum Gasteiger partial charge on any atom is 0.407 e. The van der Waals surface area contributed by atoms with E-state index in [9.17, 15) is 4.79 Å². The number of rotatable bonds is 6. The van der Waals surface area contributed by atoms with Crippen LogP contribution >= 0.6 is 0 Å². The molecule has 1 unspecified atom stereocenters. The first-order chi connectivity index (χ1) is 17.0. The number of ether oxygens (including phenoxy) is 5. The summed E-state index contributed by atoms with van der Waals surface area (Å²) in [4.78, 5) is 17.0. The lowest BCUT2D eigenvalue weighted by Gasteiger charge is -2.37. The molecule has 0 radical (unpaired) electrons. The molecule has 4 atom stereocenters. The van der Waals surface area contributed by atoms with E-state index in [2.05, 4.69) is 28.5 Å². The van der Waals surface area contributed by atoms with Gasteiger partial charge >= 0.3 is 6.09 Å². The molecule has 1 N–H and O–H groups in total. The Morgan fingerprint density at radius 2 is 2.08 bits per heavy atom. The van der Waals surface area contributed by atoms with E-state index in [0.717, 1.165) is 35.1 Å². The summed E-state index contributed by atoms with van der Waals surface area (Å²) < 4.78 is 29.1. The summed E-state index contributed by atoms with van der Waals surface area (Å²) in [5.41, 5.74) is 1.38. The Hall–Kier alpha value is -2.68. The monoisotopic (exact) mass is 498 g/mol. The molecular formula is C28H38N2O6. The van der Waals surface area contributed by atoms with Gasteiger partial charge in [-0.3, -0.25) is 4.98 Å². The number of amides is 1. The molecule has 196 valence electrons. The van der Waals surface area contributed by atoms with Gasteiger partial charge in [0.25, 0.3) is 0 Å². The highest BCUT2D eigenvalue weighted by molar-refractivity contribution is 5.88. The number of hydrogen-bond donors (Lipinski definition) is 1. The van der Waals surface area contributed by atoms with Crippen LogP contribution in [0.4, 0.5) is 4.79 Å². The molecular weight excluding hydrogens is 460 g/mol. The van der Waals surface area contributed by atoms with Crippen LogP contribution in [0, 0.1) is 0 Å². The number of carbonyl (C=O) groups is 1. The fourth-order valence-electron chi connectivity index (χ4n) is 4.66. The first kappa shape index (κ1) is 26.4. The Kier molecular flexibility index (Phi) is 7.87. The molecule has 8 nitrogen and oxygen atoms in total. The standard InChI is InChI=1S/C28H38N2O6/c1-27(2,3)36-26(31)30-24-13-12-19(34-25(24)15-21-17-33-28(4,5)35-21)11-10-18-8-7-9-23-22(18)14-20(32-6)16-29-23/h7-11,14,16,19,21,24-25H,12-13,15,17H2,1-6H3,(H,30,31)/b11-10+/t19-,21?,24-,25-/m1/s1. The van der Waals surface area contributed by atoms with Gasteiger partial charge in [-0.25, -0.2) is 4.79 Å². The highest BCUT2D eigenvalue weighted by Gasteiger charge is 2.39. The van der Waals surface area contributed by atoms with Crippen LogP contribution in [-0.2, 0) is 18.9 Å². The van der Waals surface area contributed by atoms with Crippen molar-refractivity contribution in [3.05, 3.63) is 42.1 Å². The van der Waals surface area contributed by atoms with Gasteiger partial charge in [-0.05, 0) is 65.2 Å². The van der Waals surface area contributed by atoms with Crippen molar-refractivity contribution in [2.45, 2.75) is 89.6 Å². The average Bonchev–Trinajstić information content (AvgIpc) is 3.15. The number of hydrogen-bond acceptors (Lipinski definition) is 7. The van der Waals surface area contributed by atoms with Gasteiger partial charge in [0.15, 0.2) is 5.79 Å². The van der Waals surface area contributed by atoms with Crippen molar-refractivity contribution in [1.29, 1.82) is 0 Å². The number of pyridine rings is 1. The second-order valence-corrected chi connectivity index (χ2v) is 10.9. The van der Waals surface area contributed by atoms with Crippen LogP contribution in [0.1, 0.15) is 59.4 Å². The molecule has 0 spiro atoms. The topological polar surface area (TPSA) is 88.1 Å². The van der Waals surface area contributed by atoms with Gasteiger partial charge in [-0.2, -0.15) is 0 Å². The van der Waals surface area contributed by atoms with E-state index >= 15 is 0 Å². The molecule has 3 heterocycles. The summed E-state index contributed by atoms with van der Waals surface area (Å²) in [6, 6.07) is 7.84. The molecule has 2 aliphatic rings. The lowest BCUT2D eigenvalue weighted by molar-refractivity contribution is -0.146. The van der Waals surface area contributed by atoms with Crippen molar-refractivity contribution in [2.24, 2.45) is 0 Å². The lowest BCUT2D eigenvalue weighted by atomic mass is 9.94. The smallest absolute Gasteiger partial charge is 0.407 e. The van der Waals surface area contributed by atoms with Gasteiger partial charge in [-0.15, -0.1) is 0 Å². The summed E-state index contributed by atoms with van der Waals surface area (Å²) in [6.07, 6.45) is 7.15. The Labute approximate surface area is 213 Å². The van der Waals surface area contributed by atoms with Crippen molar-refractivity contribution in [3.63, 3.8) is 0 Å². The zero-order chi connectivity index (χ0) is 25.9. The third-order valence-corrected chi connectivity index (χ3v) is 6.29. The van der Waals surface area contributed by atoms with E-state index < -0.39 is 17.5 Å². The van der Waals surface area contributed by atoms with Crippen molar-refractivity contribution in [2.75, 3.05) is 13.7 Å². The number of aromatic nitrogens is 1. The molecule has 1 aromatic carbocycles. The first-order valence-electron chi connectivity index (χ1n) is 12.6. The van der Waals surface area contributed by atoms with E-state index in [1.165, 1.54) is 0 Å². The molecule has 2 fully saturated rings. The fourth-order valence-corrected chi connectivity index (χ4v) is 4.66. The Morgan fingerprint density at radius 3 is 2.78 bits per heavy atom. The molecule has 0 saturated carbocycles. The van der Waals surface area contributed by atoms with Gasteiger partial charge in [-0.1, -0.05) is 24.3 Å². The number of fused-ring (bicyclic) bond motifs is 1. The first-order valence-corrected chi connectivity index (χ1v) is 12.6. The summed E-state index contributed by atoms with van der Waals surface area (Å²) in [5, 5.41) is 4.04. The maximum atomic E-state index is 12.5. The largest absolute Gasteiger partial charge is 0.495 e. The van der Waals surface area contributed by atoms with Crippen LogP contribution in [0.5, 0.6) is 5.75 Å². The minimum atomic E-state index is -0.615. The third kappa shape index (κ3) is 6.96. The molecule has 0 aliphatic carbocycles. The number of carbonyl (C=O) groups excluding carboxylic acids is 1. The van der Waals surface area contributed by atoms with E-state index in [4.69, 9.17) is 23.7 Å². The van der Waals surface area contributed by atoms with Crippen LogP contribution in [0.2, 0.25) is 0 Å². The molecule has 2 aliphatic heterocycles. The van der Waals surface area contributed by atoms with Crippen molar-refractivity contribution in [3.8, 4) is 5.75 Å². The highest BCUT2D eigenvalue weighted by Crippen LogP contribution is 2.31. The number of nitrogens with zero attached hydrogens (tertiary/aromatic N) is 1. The summed E-state index contributed by atoms with van der Waals surface area (Å²) >= 11 is 0. The van der Waals surface area contributed by atoms with E-state index in [1.54, 1.807) is 13.3 Å². The van der Waals surface area contributed by atoms with Crippen LogP contribution in [0.15, 0.2) is 36.5 Å². The van der Waals surface area contributed by atoms with Crippen LogP contribution < -0.4 is 10.1 Å². The van der Waals surface area contributed by atoms with Gasteiger partial charge in [0.2, 0.25) is 0 Å². The van der Waals surface area contributed by atoms with Gasteiger partial charge in [0.1, 0.15) is 11.4 Å². The van der Waals surface area contributed by atoms with Crippen LogP contribution in [-0.4, -0.2) is 60.5 Å². The van der Waals surface area contributed by atoms with Gasteiger partial charge in [0, 0.05) is 11.8 Å². The molecule has 8 heteroatoms. The van der Waals surface area contributed by atoms with Crippen molar-refractivity contribution >= 4 is 23.1 Å². The summed E-state index contributed by atoms with van der Waals surface area (Å²) in [6.45, 7) is 9.87. The molecule has 1 amide bonds. The number of benzene rings is 1. The van der Waals surface area contributed by atoms with Crippen LogP contribution in [0.3, 0.4) is 0 Å². The van der Waals surface area contributed by atoms with Gasteiger partial charge < -0.3 is 29.0 Å². The maximum absolute atomic E-state index is 12.5. The molecule has 1 aromatic heterocycles. The Bertz CT molecular complexity index is 1090. The summed E-state index contributed by atoms with van der Waals surface area (Å²) in [7, 11) is 1.64. The predicted octanol–water partition coefficient (Wildman–Crippen LogP) is 5.24. The molecule has 2 saturated heterocycles. The Morgan fingerprint density at radius 1 is 1.28 bits per heavy atom. The number of alkyl carbamates (subject to hydrolysis) is 1. The SMILES string of the molecule is COc1cnc2cccc(/C=C/[C@@H]3CC[C@@H](NC(=O)OC(C)(C)C)[C@@H](CC4COC(C)(C)O4)O3)c2c1. The van der Waals surface area contributed by atoms with E-state index in [-0.39, 0.29) is 24.4 Å².